The number of para-hydroxylation sites is 1. The Morgan fingerprint density at radius 1 is 1.19 bits per heavy atom. The van der Waals surface area contributed by atoms with Crippen LogP contribution in [0.1, 0.15) is 11.1 Å². The molecule has 21 heavy (non-hydrogen) atoms. The lowest BCUT2D eigenvalue weighted by Gasteiger charge is -2.05. The molecule has 0 atom stereocenters. The third kappa shape index (κ3) is 2.80. The number of H-pyrrole nitrogens is 1. The summed E-state index contributed by atoms with van der Waals surface area (Å²) in [6.45, 7) is 0. The molecule has 0 radical (unpaired) electrons. The van der Waals surface area contributed by atoms with Crippen molar-refractivity contribution in [3.63, 3.8) is 0 Å². The van der Waals surface area contributed by atoms with Crippen molar-refractivity contribution in [2.45, 2.75) is 6.42 Å². The van der Waals surface area contributed by atoms with Crippen LogP contribution in [-0.2, 0) is 11.2 Å². The Hall–Kier alpha value is -2.99. The number of hydrogen-bond donors (Lipinski definition) is 2. The van der Waals surface area contributed by atoms with E-state index in [1.165, 1.54) is 0 Å². The van der Waals surface area contributed by atoms with E-state index in [0.717, 1.165) is 27.7 Å². The fourth-order valence-corrected chi connectivity index (χ4v) is 2.34. The van der Waals surface area contributed by atoms with E-state index in [4.69, 9.17) is 6.42 Å². The van der Waals surface area contributed by atoms with E-state index >= 15 is 0 Å². The van der Waals surface area contributed by atoms with E-state index in [2.05, 4.69) is 16.2 Å². The molecule has 3 heteroatoms. The van der Waals surface area contributed by atoms with Gasteiger partial charge >= 0.3 is 0 Å². The fraction of sp³-hybridized carbons (Fsp3) is 0.0556. The van der Waals surface area contributed by atoms with E-state index in [9.17, 15) is 4.79 Å². The van der Waals surface area contributed by atoms with Crippen LogP contribution in [0.2, 0.25) is 0 Å². The molecule has 0 saturated carbocycles. The molecule has 0 fully saturated rings. The van der Waals surface area contributed by atoms with Gasteiger partial charge in [0.2, 0.25) is 5.91 Å². The number of hydrogen-bond acceptors (Lipinski definition) is 1. The first-order chi connectivity index (χ1) is 10.3. The monoisotopic (exact) mass is 274 g/mol. The summed E-state index contributed by atoms with van der Waals surface area (Å²) in [5, 5.41) is 3.95. The molecule has 102 valence electrons. The van der Waals surface area contributed by atoms with Gasteiger partial charge in [-0.15, -0.1) is 6.42 Å². The molecule has 1 heterocycles. The van der Waals surface area contributed by atoms with Crippen LogP contribution < -0.4 is 5.32 Å². The average Bonchev–Trinajstić information content (AvgIpc) is 2.91. The molecule has 1 aromatic heterocycles. The highest BCUT2D eigenvalue weighted by atomic mass is 16.1. The molecule has 0 bridgehead atoms. The standard InChI is InChI=1S/C18H14N2O/c1-2-13-6-5-7-15(10-13)20-18(21)11-14-12-19-17-9-4-3-8-16(14)17/h1,3-10,12,19H,11H2,(H,20,21). The van der Waals surface area contributed by atoms with Crippen molar-refractivity contribution >= 4 is 22.5 Å². The van der Waals surface area contributed by atoms with E-state index in [1.807, 2.05) is 48.7 Å². The number of benzene rings is 2. The highest BCUT2D eigenvalue weighted by Gasteiger charge is 2.08. The van der Waals surface area contributed by atoms with Gasteiger partial charge in [0.05, 0.1) is 6.42 Å². The van der Waals surface area contributed by atoms with E-state index in [1.54, 1.807) is 6.07 Å². The first kappa shape index (κ1) is 13.0. The summed E-state index contributed by atoms with van der Waals surface area (Å²) >= 11 is 0. The summed E-state index contributed by atoms with van der Waals surface area (Å²) < 4.78 is 0. The van der Waals surface area contributed by atoms with Gasteiger partial charge in [-0.25, -0.2) is 0 Å². The van der Waals surface area contributed by atoms with Gasteiger partial charge in [-0.1, -0.05) is 30.2 Å². The molecule has 0 unspecified atom stereocenters. The molecule has 2 aromatic carbocycles. The zero-order chi connectivity index (χ0) is 14.7. The fourth-order valence-electron chi connectivity index (χ4n) is 2.34. The van der Waals surface area contributed by atoms with Crippen LogP contribution in [-0.4, -0.2) is 10.9 Å². The predicted octanol–water partition coefficient (Wildman–Crippen LogP) is 3.33. The summed E-state index contributed by atoms with van der Waals surface area (Å²) in [7, 11) is 0. The molecular weight excluding hydrogens is 260 g/mol. The molecular formula is C18H14N2O. The van der Waals surface area contributed by atoms with E-state index in [-0.39, 0.29) is 5.91 Å². The van der Waals surface area contributed by atoms with Crippen molar-refractivity contribution in [3.8, 4) is 12.3 Å². The first-order valence-electron chi connectivity index (χ1n) is 6.68. The highest BCUT2D eigenvalue weighted by Crippen LogP contribution is 2.18. The van der Waals surface area contributed by atoms with Gasteiger partial charge in [0.15, 0.2) is 0 Å². The topological polar surface area (TPSA) is 44.9 Å². The van der Waals surface area contributed by atoms with Gasteiger partial charge < -0.3 is 10.3 Å². The number of aromatic amines is 1. The molecule has 0 aliphatic carbocycles. The minimum atomic E-state index is -0.0612. The van der Waals surface area contributed by atoms with Crippen LogP contribution in [0.5, 0.6) is 0 Å². The molecule has 1 amide bonds. The van der Waals surface area contributed by atoms with Crippen LogP contribution in [0, 0.1) is 12.3 Å². The largest absolute Gasteiger partial charge is 0.361 e. The lowest BCUT2D eigenvalue weighted by atomic mass is 10.1. The van der Waals surface area contributed by atoms with Gasteiger partial charge in [0, 0.05) is 28.4 Å². The van der Waals surface area contributed by atoms with Gasteiger partial charge in [0.25, 0.3) is 0 Å². The maximum Gasteiger partial charge on any atom is 0.228 e. The highest BCUT2D eigenvalue weighted by molar-refractivity contribution is 5.95. The average molecular weight is 274 g/mol. The number of nitrogens with one attached hydrogen (secondary N) is 2. The number of carbonyl (C=O) groups is 1. The third-order valence-electron chi connectivity index (χ3n) is 3.34. The molecule has 2 N–H and O–H groups in total. The molecule has 0 spiro atoms. The second-order valence-corrected chi connectivity index (χ2v) is 4.81. The van der Waals surface area contributed by atoms with Crippen LogP contribution in [0.3, 0.4) is 0 Å². The van der Waals surface area contributed by atoms with Crippen molar-refractivity contribution in [1.29, 1.82) is 0 Å². The smallest absolute Gasteiger partial charge is 0.228 e. The zero-order valence-electron chi connectivity index (χ0n) is 11.4. The van der Waals surface area contributed by atoms with Crippen molar-refractivity contribution in [2.24, 2.45) is 0 Å². The van der Waals surface area contributed by atoms with Crippen LogP contribution in [0.4, 0.5) is 5.69 Å². The Labute approximate surface area is 123 Å². The first-order valence-corrected chi connectivity index (χ1v) is 6.68. The lowest BCUT2D eigenvalue weighted by Crippen LogP contribution is -2.14. The summed E-state index contributed by atoms with van der Waals surface area (Å²) in [6.07, 6.45) is 7.56. The number of fused-ring (bicyclic) bond motifs is 1. The molecule has 3 rings (SSSR count). The molecule has 0 aliphatic rings. The van der Waals surface area contributed by atoms with Gasteiger partial charge in [0.1, 0.15) is 0 Å². The summed E-state index contributed by atoms with van der Waals surface area (Å²) in [5.74, 6) is 2.49. The van der Waals surface area contributed by atoms with Gasteiger partial charge in [-0.05, 0) is 29.8 Å². The quantitative estimate of drug-likeness (QED) is 0.707. The predicted molar refractivity (Wildman–Crippen MR) is 85.0 cm³/mol. The molecule has 0 saturated heterocycles. The second kappa shape index (κ2) is 5.56. The van der Waals surface area contributed by atoms with Crippen LogP contribution in [0.25, 0.3) is 10.9 Å². The molecule has 3 nitrogen and oxygen atoms in total. The summed E-state index contributed by atoms with van der Waals surface area (Å²) in [4.78, 5) is 15.3. The van der Waals surface area contributed by atoms with Gasteiger partial charge in [-0.3, -0.25) is 4.79 Å². The zero-order valence-corrected chi connectivity index (χ0v) is 11.4. The second-order valence-electron chi connectivity index (χ2n) is 4.81. The third-order valence-corrected chi connectivity index (χ3v) is 3.34. The Bertz CT molecular complexity index is 840. The van der Waals surface area contributed by atoms with Crippen molar-refractivity contribution in [3.05, 3.63) is 65.9 Å². The minimum Gasteiger partial charge on any atom is -0.361 e. The Morgan fingerprint density at radius 2 is 2.05 bits per heavy atom. The number of rotatable bonds is 3. The minimum absolute atomic E-state index is 0.0612. The maximum absolute atomic E-state index is 12.1. The van der Waals surface area contributed by atoms with Crippen LogP contribution in [0.15, 0.2) is 54.7 Å². The Kier molecular flexibility index (Phi) is 3.44. The normalized spacial score (nSPS) is 10.2. The Balaban J connectivity index is 1.76. The van der Waals surface area contributed by atoms with Gasteiger partial charge in [-0.2, -0.15) is 0 Å². The van der Waals surface area contributed by atoms with Crippen molar-refractivity contribution in [1.82, 2.24) is 4.98 Å². The summed E-state index contributed by atoms with van der Waals surface area (Å²) in [5.41, 5.74) is 3.49. The number of terminal acetylenes is 1. The molecule has 3 aromatic rings. The van der Waals surface area contributed by atoms with Crippen LogP contribution >= 0.6 is 0 Å². The van der Waals surface area contributed by atoms with Crippen molar-refractivity contribution < 1.29 is 4.79 Å². The maximum atomic E-state index is 12.1. The lowest BCUT2D eigenvalue weighted by molar-refractivity contribution is -0.115. The number of amides is 1. The number of anilines is 1. The number of aromatic nitrogens is 1. The Morgan fingerprint density at radius 3 is 2.90 bits per heavy atom. The number of carbonyl (C=O) groups excluding carboxylic acids is 1. The molecule has 0 aliphatic heterocycles. The van der Waals surface area contributed by atoms with Crippen molar-refractivity contribution in [2.75, 3.05) is 5.32 Å². The SMILES string of the molecule is C#Cc1cccc(NC(=O)Cc2c[nH]c3ccccc23)c1. The van der Waals surface area contributed by atoms with E-state index < -0.39 is 0 Å². The summed E-state index contributed by atoms with van der Waals surface area (Å²) in [6, 6.07) is 15.2. The van der Waals surface area contributed by atoms with E-state index in [0.29, 0.717) is 6.42 Å².